The van der Waals surface area contributed by atoms with E-state index < -0.39 is 44.9 Å². The minimum Gasteiger partial charge on any atom is -0.374 e. The highest BCUT2D eigenvalue weighted by molar-refractivity contribution is 7.90. The number of piperidine rings is 2. The van der Waals surface area contributed by atoms with Crippen LogP contribution < -0.4 is 20.3 Å². The highest BCUT2D eigenvalue weighted by atomic mass is 32.2. The Kier molecular flexibility index (Phi) is 12.2. The summed E-state index contributed by atoms with van der Waals surface area (Å²) in [5.74, 6) is -3.38. The lowest BCUT2D eigenvalue weighted by Gasteiger charge is -2.38. The van der Waals surface area contributed by atoms with Gasteiger partial charge in [-0.2, -0.15) is 12.7 Å². The Balaban J connectivity index is 0.771. The van der Waals surface area contributed by atoms with E-state index in [1.807, 2.05) is 41.3 Å². The van der Waals surface area contributed by atoms with Crippen molar-refractivity contribution in [2.75, 3.05) is 73.8 Å². The van der Waals surface area contributed by atoms with Gasteiger partial charge in [-0.1, -0.05) is 24.3 Å². The zero-order valence-corrected chi connectivity index (χ0v) is 35.9. The van der Waals surface area contributed by atoms with E-state index in [1.54, 1.807) is 12.3 Å². The average molecular weight is 894 g/mol. The van der Waals surface area contributed by atoms with E-state index in [-0.39, 0.29) is 36.4 Å². The van der Waals surface area contributed by atoms with Gasteiger partial charge in [0.15, 0.2) is 5.82 Å². The molecule has 18 heteroatoms. The van der Waals surface area contributed by atoms with Gasteiger partial charge in [0.2, 0.25) is 23.5 Å². The number of hydrogen-bond acceptors (Lipinski definition) is 10. The summed E-state index contributed by atoms with van der Waals surface area (Å²) in [4.78, 5) is 64.5. The maximum atomic E-state index is 15.7. The van der Waals surface area contributed by atoms with Crippen molar-refractivity contribution in [3.05, 3.63) is 107 Å². The number of imide groups is 1. The number of fused-ring (bicyclic) bond motifs is 1. The van der Waals surface area contributed by atoms with Crippen molar-refractivity contribution < 1.29 is 36.4 Å². The lowest BCUT2D eigenvalue weighted by Crippen LogP contribution is -2.51. The smallest absolute Gasteiger partial charge is 0.301 e. The Morgan fingerprint density at radius 3 is 2.25 bits per heavy atom. The van der Waals surface area contributed by atoms with E-state index in [0.717, 1.165) is 55.0 Å². The van der Waals surface area contributed by atoms with Crippen molar-refractivity contribution in [2.24, 2.45) is 0 Å². The number of piperazine rings is 1. The van der Waals surface area contributed by atoms with E-state index in [1.165, 1.54) is 16.1 Å². The zero-order chi connectivity index (χ0) is 44.5. The number of benzene rings is 3. The van der Waals surface area contributed by atoms with Gasteiger partial charge in [-0.3, -0.25) is 34.1 Å². The highest BCUT2D eigenvalue weighted by Crippen LogP contribution is 2.32. The molecule has 0 radical (unpaired) electrons. The maximum absolute atomic E-state index is 15.7. The van der Waals surface area contributed by atoms with Crippen molar-refractivity contribution in [3.8, 4) is 11.1 Å². The van der Waals surface area contributed by atoms with E-state index >= 15 is 8.78 Å². The Morgan fingerprint density at radius 2 is 1.55 bits per heavy atom. The number of H-pyrrole nitrogens is 1. The van der Waals surface area contributed by atoms with Gasteiger partial charge >= 0.3 is 10.2 Å². The highest BCUT2D eigenvalue weighted by Gasteiger charge is 2.31. The Morgan fingerprint density at radius 1 is 0.828 bits per heavy atom. The number of halogens is 2. The number of ketones is 1. The Bertz CT molecular complexity index is 2690. The summed E-state index contributed by atoms with van der Waals surface area (Å²) < 4.78 is 59.9. The minimum absolute atomic E-state index is 0.0135. The number of carbonyl (C=O) groups excluding carboxylic acids is 4. The molecule has 3 aromatic carbocycles. The van der Waals surface area contributed by atoms with Crippen LogP contribution in [0, 0.1) is 11.6 Å². The first-order valence-electron chi connectivity index (χ1n) is 21.7. The molecule has 4 aliphatic heterocycles. The second kappa shape index (κ2) is 18.1. The fraction of sp³-hybridized carbons (Fsp3) is 0.370. The molecule has 5 aromatic rings. The fourth-order valence-electron chi connectivity index (χ4n) is 9.13. The van der Waals surface area contributed by atoms with Gasteiger partial charge in [0.1, 0.15) is 17.5 Å². The molecule has 1 unspecified atom stereocenters. The molecule has 64 heavy (non-hydrogen) atoms. The summed E-state index contributed by atoms with van der Waals surface area (Å²) in [6, 6.07) is 19.2. The van der Waals surface area contributed by atoms with E-state index in [9.17, 15) is 27.6 Å². The molecule has 4 aliphatic rings. The van der Waals surface area contributed by atoms with E-state index in [0.29, 0.717) is 80.9 Å². The third-order valence-corrected chi connectivity index (χ3v) is 14.4. The fourth-order valence-corrected chi connectivity index (χ4v) is 10.4. The van der Waals surface area contributed by atoms with Crippen LogP contribution in [-0.4, -0.2) is 121 Å². The molecular weight excluding hydrogens is 845 g/mol. The monoisotopic (exact) mass is 893 g/mol. The molecule has 0 spiro atoms. The second-order valence-electron chi connectivity index (χ2n) is 16.9. The minimum atomic E-state index is -4.09. The van der Waals surface area contributed by atoms with Crippen LogP contribution in [0.2, 0.25) is 0 Å². The van der Waals surface area contributed by atoms with E-state index in [4.69, 9.17) is 0 Å². The number of pyridine rings is 1. The standard InChI is InChI=1S/C46H49F2N9O6S/c47-37-11-12-38(53-64(62,63)57-17-1-2-18-57)43(48)42(37)44(60)36-27-50-45-35(36)25-32(26-49-45)30-5-9-34(10-6-30)55-21-23-56(24-22-55)41(59)28-54-19-15-31(16-20-54)29-3-7-33(8-4-29)51-39-13-14-40(58)52-46(39)61/h3-12,25-27,31,39,51,53H,1-2,13-24,28H2,(H,49,50)(H,52,58,61). The molecule has 4 saturated heterocycles. The van der Waals surface area contributed by atoms with Crippen LogP contribution in [0.5, 0.6) is 0 Å². The number of carbonyl (C=O) groups is 4. The molecule has 9 rings (SSSR count). The first kappa shape index (κ1) is 43.0. The normalized spacial score (nSPS) is 19.2. The summed E-state index contributed by atoms with van der Waals surface area (Å²) >= 11 is 0. The lowest BCUT2D eigenvalue weighted by atomic mass is 9.89. The summed E-state index contributed by atoms with van der Waals surface area (Å²) in [7, 11) is -4.09. The first-order chi connectivity index (χ1) is 30.9. The number of rotatable bonds is 12. The largest absolute Gasteiger partial charge is 0.374 e. The Hall–Kier alpha value is -6.24. The summed E-state index contributed by atoms with van der Waals surface area (Å²) in [5.41, 5.74) is 3.51. The van der Waals surface area contributed by atoms with Gasteiger partial charge in [-0.25, -0.2) is 13.8 Å². The molecule has 2 aromatic heterocycles. The number of aromatic nitrogens is 2. The van der Waals surface area contributed by atoms with Gasteiger partial charge in [-0.15, -0.1) is 0 Å². The maximum Gasteiger partial charge on any atom is 0.301 e. The molecular formula is C46H49F2N9O6S. The molecule has 3 amide bonds. The molecule has 0 saturated carbocycles. The molecule has 6 heterocycles. The molecule has 4 fully saturated rings. The molecule has 0 aliphatic carbocycles. The Labute approximate surface area is 369 Å². The number of anilines is 3. The number of hydrogen-bond donors (Lipinski definition) is 4. The number of nitrogens with zero attached hydrogens (tertiary/aromatic N) is 5. The molecule has 4 N–H and O–H groups in total. The number of amides is 3. The van der Waals surface area contributed by atoms with Crippen LogP contribution >= 0.6 is 0 Å². The van der Waals surface area contributed by atoms with Crippen LogP contribution in [0.3, 0.4) is 0 Å². The van der Waals surface area contributed by atoms with Crippen molar-refractivity contribution in [3.63, 3.8) is 0 Å². The summed E-state index contributed by atoms with van der Waals surface area (Å²) in [6.45, 7) is 5.20. The lowest BCUT2D eigenvalue weighted by molar-refractivity contribution is -0.134. The second-order valence-corrected chi connectivity index (χ2v) is 18.6. The van der Waals surface area contributed by atoms with Crippen LogP contribution in [0.25, 0.3) is 22.2 Å². The molecule has 0 bridgehead atoms. The third-order valence-electron chi connectivity index (χ3n) is 12.8. The molecule has 15 nitrogen and oxygen atoms in total. The number of aromatic amines is 1. The van der Waals surface area contributed by atoms with Gasteiger partial charge < -0.3 is 20.1 Å². The predicted octanol–water partition coefficient (Wildman–Crippen LogP) is 5.24. The predicted molar refractivity (Wildman–Crippen MR) is 238 cm³/mol. The number of nitrogens with one attached hydrogen (secondary N) is 4. The van der Waals surface area contributed by atoms with Crippen LogP contribution in [0.15, 0.2) is 79.1 Å². The van der Waals surface area contributed by atoms with Gasteiger partial charge in [0.25, 0.3) is 0 Å². The quantitative estimate of drug-likeness (QED) is 0.0957. The van der Waals surface area contributed by atoms with Crippen LogP contribution in [-0.2, 0) is 24.6 Å². The van der Waals surface area contributed by atoms with E-state index in [2.05, 4.69) is 47.3 Å². The van der Waals surface area contributed by atoms with Gasteiger partial charge in [0, 0.05) is 86.0 Å². The van der Waals surface area contributed by atoms with Crippen LogP contribution in [0.1, 0.15) is 65.9 Å². The zero-order valence-electron chi connectivity index (χ0n) is 35.1. The van der Waals surface area contributed by atoms with Crippen molar-refractivity contribution >= 4 is 61.8 Å². The SMILES string of the molecule is O=C1CCC(Nc2ccc(C3CCN(CC(=O)N4CCN(c5ccc(-c6cnc7[nH]cc(C(=O)c8c(F)ccc(NS(=O)(=O)N9CCCC9)c8F)c7c6)cc5)CC4)CC3)cc2)C(=O)N1. The number of likely N-dealkylation sites (tertiary alicyclic amines) is 1. The summed E-state index contributed by atoms with van der Waals surface area (Å²) in [5, 5.41) is 5.96. The third kappa shape index (κ3) is 9.07. The van der Waals surface area contributed by atoms with Gasteiger partial charge in [0.05, 0.1) is 17.8 Å². The topological polar surface area (TPSA) is 180 Å². The van der Waals surface area contributed by atoms with Crippen LogP contribution in [0.4, 0.5) is 25.8 Å². The van der Waals surface area contributed by atoms with Crippen molar-refractivity contribution in [1.29, 1.82) is 0 Å². The van der Waals surface area contributed by atoms with Crippen molar-refractivity contribution in [1.82, 2.24) is 29.4 Å². The van der Waals surface area contributed by atoms with Crippen molar-refractivity contribution in [2.45, 2.75) is 50.5 Å². The first-order valence-corrected chi connectivity index (χ1v) is 23.2. The average Bonchev–Trinajstić information content (AvgIpc) is 4.01. The van der Waals surface area contributed by atoms with Gasteiger partial charge in [-0.05, 0) is 105 Å². The molecule has 1 atom stereocenters. The summed E-state index contributed by atoms with van der Waals surface area (Å²) in [6.07, 6.45) is 7.05. The molecule has 334 valence electrons.